The molecule has 3 heterocycles. The fourth-order valence-corrected chi connectivity index (χ4v) is 3.22. The first kappa shape index (κ1) is 22.9. The van der Waals surface area contributed by atoms with E-state index in [0.717, 1.165) is 71.3 Å². The summed E-state index contributed by atoms with van der Waals surface area (Å²) in [6.45, 7) is 10.1. The molecule has 0 aromatic carbocycles. The van der Waals surface area contributed by atoms with E-state index in [4.69, 9.17) is 0 Å². The number of carbonyl (C=O) groups excluding carboxylic acids is 1. The maximum Gasteiger partial charge on any atom is 0.234 e. The van der Waals surface area contributed by atoms with Crippen molar-refractivity contribution < 1.29 is 4.79 Å². The first-order valence-corrected chi connectivity index (χ1v) is 8.89. The Morgan fingerprint density at radius 1 is 1.04 bits per heavy atom. The molecule has 0 atom stereocenters. The number of piperazine rings is 2. The maximum absolute atomic E-state index is 12.1. The number of pyridine rings is 1. The van der Waals surface area contributed by atoms with Crippen LogP contribution in [-0.2, 0) is 4.79 Å². The number of aromatic nitrogens is 1. The highest BCUT2D eigenvalue weighted by atomic mass is 35.5. The third-order valence-corrected chi connectivity index (χ3v) is 4.67. The lowest BCUT2D eigenvalue weighted by Gasteiger charge is -2.35. The molecule has 0 radical (unpaired) electrons. The molecule has 1 amide bonds. The van der Waals surface area contributed by atoms with Gasteiger partial charge >= 0.3 is 0 Å². The molecule has 148 valence electrons. The van der Waals surface area contributed by atoms with E-state index in [-0.39, 0.29) is 30.7 Å². The van der Waals surface area contributed by atoms with Crippen molar-refractivity contribution in [2.75, 3.05) is 76.9 Å². The highest BCUT2D eigenvalue weighted by molar-refractivity contribution is 5.85. The molecule has 7 nitrogen and oxygen atoms in total. The number of hydrogen-bond donors (Lipinski definition) is 2. The van der Waals surface area contributed by atoms with E-state index in [1.807, 2.05) is 24.4 Å². The Kier molecular flexibility index (Phi) is 10.8. The van der Waals surface area contributed by atoms with Crippen LogP contribution in [0.2, 0.25) is 0 Å². The lowest BCUT2D eigenvalue weighted by atomic mass is 10.3. The van der Waals surface area contributed by atoms with E-state index in [2.05, 4.69) is 30.3 Å². The number of carbonyl (C=O) groups is 1. The number of amides is 1. The van der Waals surface area contributed by atoms with E-state index >= 15 is 0 Å². The molecule has 0 bridgehead atoms. The predicted octanol–water partition coefficient (Wildman–Crippen LogP) is 0.0686. The summed E-state index contributed by atoms with van der Waals surface area (Å²) in [6.07, 6.45) is 1.83. The molecule has 26 heavy (non-hydrogen) atoms. The largest absolute Gasteiger partial charge is 0.354 e. The zero-order valence-corrected chi connectivity index (χ0v) is 16.7. The van der Waals surface area contributed by atoms with Crippen LogP contribution >= 0.6 is 24.8 Å². The predicted molar refractivity (Wildman–Crippen MR) is 110 cm³/mol. The average Bonchev–Trinajstić information content (AvgIpc) is 2.64. The van der Waals surface area contributed by atoms with E-state index in [1.165, 1.54) is 0 Å². The Labute approximate surface area is 168 Å². The summed E-state index contributed by atoms with van der Waals surface area (Å²) in [4.78, 5) is 23.4. The third kappa shape index (κ3) is 7.25. The van der Waals surface area contributed by atoms with E-state index in [9.17, 15) is 4.79 Å². The zero-order chi connectivity index (χ0) is 16.6. The summed E-state index contributed by atoms with van der Waals surface area (Å²) in [7, 11) is 0. The van der Waals surface area contributed by atoms with Crippen molar-refractivity contribution in [3.8, 4) is 0 Å². The van der Waals surface area contributed by atoms with Gasteiger partial charge in [-0.2, -0.15) is 0 Å². The SMILES string of the molecule is Cl.Cl.O=C(CN1CCN(c2ccccn2)CC1)NCCN1CCNCC1. The lowest BCUT2D eigenvalue weighted by molar-refractivity contribution is -0.122. The second-order valence-electron chi connectivity index (χ2n) is 6.39. The molecule has 0 saturated carbocycles. The van der Waals surface area contributed by atoms with Crippen molar-refractivity contribution in [3.05, 3.63) is 24.4 Å². The summed E-state index contributed by atoms with van der Waals surface area (Å²) < 4.78 is 0. The molecule has 2 aliphatic rings. The van der Waals surface area contributed by atoms with Gasteiger partial charge in [0.1, 0.15) is 5.82 Å². The minimum atomic E-state index is 0. The molecule has 0 unspecified atom stereocenters. The number of anilines is 1. The molecule has 2 saturated heterocycles. The Morgan fingerprint density at radius 2 is 1.77 bits per heavy atom. The molecular formula is C17H30Cl2N6O. The van der Waals surface area contributed by atoms with E-state index < -0.39 is 0 Å². The van der Waals surface area contributed by atoms with Crippen LogP contribution in [-0.4, -0.2) is 92.7 Å². The van der Waals surface area contributed by atoms with Gasteiger partial charge < -0.3 is 15.5 Å². The van der Waals surface area contributed by atoms with Crippen LogP contribution in [0.15, 0.2) is 24.4 Å². The normalized spacial score (nSPS) is 18.5. The maximum atomic E-state index is 12.1. The third-order valence-electron chi connectivity index (χ3n) is 4.67. The first-order chi connectivity index (χ1) is 11.8. The van der Waals surface area contributed by atoms with Crippen LogP contribution in [0.4, 0.5) is 5.82 Å². The quantitative estimate of drug-likeness (QED) is 0.699. The van der Waals surface area contributed by atoms with Gasteiger partial charge in [0, 0.05) is 71.6 Å². The van der Waals surface area contributed by atoms with Crippen LogP contribution in [0.1, 0.15) is 0 Å². The van der Waals surface area contributed by atoms with Gasteiger partial charge in [-0.25, -0.2) is 4.98 Å². The van der Waals surface area contributed by atoms with Crippen molar-refractivity contribution in [1.29, 1.82) is 0 Å². The number of halogens is 2. The molecule has 1 aromatic rings. The number of nitrogens with zero attached hydrogens (tertiary/aromatic N) is 4. The van der Waals surface area contributed by atoms with E-state index in [1.54, 1.807) is 0 Å². The number of rotatable bonds is 6. The van der Waals surface area contributed by atoms with Crippen molar-refractivity contribution in [2.24, 2.45) is 0 Å². The molecule has 9 heteroatoms. The van der Waals surface area contributed by atoms with Gasteiger partial charge in [0.2, 0.25) is 5.91 Å². The summed E-state index contributed by atoms with van der Waals surface area (Å²) >= 11 is 0. The number of hydrogen-bond acceptors (Lipinski definition) is 6. The Hall–Kier alpha value is -1.12. The molecule has 2 fully saturated rings. The molecular weight excluding hydrogens is 375 g/mol. The topological polar surface area (TPSA) is 63.7 Å². The first-order valence-electron chi connectivity index (χ1n) is 8.89. The monoisotopic (exact) mass is 404 g/mol. The van der Waals surface area contributed by atoms with Gasteiger partial charge in [0.25, 0.3) is 0 Å². The van der Waals surface area contributed by atoms with Crippen molar-refractivity contribution in [1.82, 2.24) is 25.4 Å². The Bertz CT molecular complexity index is 507. The van der Waals surface area contributed by atoms with Gasteiger partial charge in [-0.05, 0) is 12.1 Å². The Morgan fingerprint density at radius 3 is 2.42 bits per heavy atom. The fraction of sp³-hybridized carbons (Fsp3) is 0.647. The summed E-state index contributed by atoms with van der Waals surface area (Å²) in [6, 6.07) is 5.99. The van der Waals surface area contributed by atoms with Gasteiger partial charge in [0.15, 0.2) is 0 Å². The molecule has 2 N–H and O–H groups in total. The summed E-state index contributed by atoms with van der Waals surface area (Å²) in [5, 5.41) is 6.39. The van der Waals surface area contributed by atoms with Crippen LogP contribution in [0.25, 0.3) is 0 Å². The molecule has 0 spiro atoms. The van der Waals surface area contributed by atoms with Crippen molar-refractivity contribution >= 4 is 36.5 Å². The Balaban J connectivity index is 0.00000169. The van der Waals surface area contributed by atoms with Gasteiger partial charge in [0.05, 0.1) is 6.54 Å². The minimum absolute atomic E-state index is 0. The van der Waals surface area contributed by atoms with Crippen LogP contribution in [0.5, 0.6) is 0 Å². The average molecular weight is 405 g/mol. The van der Waals surface area contributed by atoms with Gasteiger partial charge in [-0.15, -0.1) is 24.8 Å². The summed E-state index contributed by atoms with van der Waals surface area (Å²) in [5.74, 6) is 1.16. The highest BCUT2D eigenvalue weighted by Crippen LogP contribution is 2.12. The second kappa shape index (κ2) is 12.3. The van der Waals surface area contributed by atoms with E-state index in [0.29, 0.717) is 6.54 Å². The summed E-state index contributed by atoms with van der Waals surface area (Å²) in [5.41, 5.74) is 0. The highest BCUT2D eigenvalue weighted by Gasteiger charge is 2.19. The standard InChI is InChI=1S/C17H28N6O.2ClH/c24-17(20-7-10-21-8-5-18-6-9-21)15-22-11-13-23(14-12-22)16-3-1-2-4-19-16;;/h1-4,18H,5-15H2,(H,20,24);2*1H. The molecule has 3 rings (SSSR count). The van der Waals surface area contributed by atoms with Crippen LogP contribution in [0, 0.1) is 0 Å². The van der Waals surface area contributed by atoms with Gasteiger partial charge in [-0.3, -0.25) is 14.6 Å². The lowest BCUT2D eigenvalue weighted by Crippen LogP contribution is -2.50. The molecule has 1 aromatic heterocycles. The van der Waals surface area contributed by atoms with Crippen LogP contribution in [0.3, 0.4) is 0 Å². The van der Waals surface area contributed by atoms with Gasteiger partial charge in [-0.1, -0.05) is 6.07 Å². The van der Waals surface area contributed by atoms with Crippen LogP contribution < -0.4 is 15.5 Å². The van der Waals surface area contributed by atoms with Crippen molar-refractivity contribution in [2.45, 2.75) is 0 Å². The molecule has 0 aliphatic carbocycles. The molecule has 2 aliphatic heterocycles. The van der Waals surface area contributed by atoms with Crippen molar-refractivity contribution in [3.63, 3.8) is 0 Å². The number of nitrogens with one attached hydrogen (secondary N) is 2. The minimum Gasteiger partial charge on any atom is -0.354 e. The fourth-order valence-electron chi connectivity index (χ4n) is 3.22. The zero-order valence-electron chi connectivity index (χ0n) is 15.1. The smallest absolute Gasteiger partial charge is 0.234 e. The second-order valence-corrected chi connectivity index (χ2v) is 6.39.